The van der Waals surface area contributed by atoms with Crippen molar-refractivity contribution in [2.45, 2.75) is 18.4 Å². The van der Waals surface area contributed by atoms with E-state index in [4.69, 9.17) is 4.74 Å². The Morgan fingerprint density at radius 1 is 1.33 bits per heavy atom. The van der Waals surface area contributed by atoms with Gasteiger partial charge in [0.2, 0.25) is 0 Å². The summed E-state index contributed by atoms with van der Waals surface area (Å²) in [5.74, 6) is 0. The second-order valence-corrected chi connectivity index (χ2v) is 3.93. The fraction of sp³-hybridized carbons (Fsp3) is 0.417. The summed E-state index contributed by atoms with van der Waals surface area (Å²) in [6.07, 6.45) is 1.77. The molecule has 0 atom stereocenters. The maximum absolute atomic E-state index is 11.5. The van der Waals surface area contributed by atoms with Crippen LogP contribution in [-0.2, 0) is 10.3 Å². The van der Waals surface area contributed by atoms with Crippen LogP contribution < -0.4 is 0 Å². The molecule has 3 nitrogen and oxygen atoms in total. The lowest BCUT2D eigenvalue weighted by Crippen LogP contribution is -2.36. The van der Waals surface area contributed by atoms with Gasteiger partial charge in [-0.25, -0.2) is 4.79 Å². The molecule has 1 aromatic rings. The Hall–Kier alpha value is -1.51. The quantitative estimate of drug-likeness (QED) is 0.741. The molecule has 1 amide bonds. The third-order valence-electron chi connectivity index (χ3n) is 3.13. The fourth-order valence-corrected chi connectivity index (χ4v) is 2.00. The van der Waals surface area contributed by atoms with E-state index in [-0.39, 0.29) is 11.6 Å². The van der Waals surface area contributed by atoms with Crippen LogP contribution >= 0.6 is 0 Å². The minimum atomic E-state index is -0.267. The highest BCUT2D eigenvalue weighted by atomic mass is 16.5. The maximum Gasteiger partial charge on any atom is 0.409 e. The molecule has 0 bridgehead atoms. The topological polar surface area (TPSA) is 29.5 Å². The number of nitrogens with zero attached hydrogens (tertiary/aromatic N) is 1. The molecule has 0 aromatic heterocycles. The molecule has 3 heteroatoms. The van der Waals surface area contributed by atoms with Crippen LogP contribution in [0.1, 0.15) is 18.4 Å². The van der Waals surface area contributed by atoms with Gasteiger partial charge < -0.3 is 9.64 Å². The minimum Gasteiger partial charge on any atom is -0.453 e. The molecule has 1 aliphatic rings. The molecule has 0 N–H and O–H groups in total. The summed E-state index contributed by atoms with van der Waals surface area (Å²) in [6, 6.07) is 10.1. The number of carbonyl (C=O) groups is 1. The molecule has 0 radical (unpaired) electrons. The van der Waals surface area contributed by atoms with E-state index in [9.17, 15) is 4.79 Å². The van der Waals surface area contributed by atoms with Crippen molar-refractivity contribution in [1.82, 2.24) is 4.90 Å². The van der Waals surface area contributed by atoms with Crippen LogP contribution in [0.3, 0.4) is 0 Å². The Bertz CT molecular complexity index is 357. The van der Waals surface area contributed by atoms with Crippen LogP contribution in [0.2, 0.25) is 0 Å². The predicted octanol–water partition coefficient (Wildman–Crippen LogP) is 2.37. The van der Waals surface area contributed by atoms with Gasteiger partial charge in [0.05, 0.1) is 12.6 Å². The molecule has 0 spiro atoms. The molecule has 1 fully saturated rings. The number of carbonyl (C=O) groups excluding carboxylic acids is 1. The molecule has 15 heavy (non-hydrogen) atoms. The van der Waals surface area contributed by atoms with Crippen molar-refractivity contribution in [2.75, 3.05) is 14.2 Å². The first-order chi connectivity index (χ1) is 7.20. The van der Waals surface area contributed by atoms with Gasteiger partial charge in [-0.3, -0.25) is 0 Å². The van der Waals surface area contributed by atoms with Crippen molar-refractivity contribution in [3.8, 4) is 0 Å². The lowest BCUT2D eigenvalue weighted by molar-refractivity contribution is 0.111. The van der Waals surface area contributed by atoms with Crippen molar-refractivity contribution in [1.29, 1.82) is 0 Å². The summed E-state index contributed by atoms with van der Waals surface area (Å²) < 4.78 is 4.75. The van der Waals surface area contributed by atoms with Crippen LogP contribution in [0.15, 0.2) is 30.3 Å². The first-order valence-corrected chi connectivity index (χ1v) is 5.08. The minimum absolute atomic E-state index is 0.117. The summed E-state index contributed by atoms with van der Waals surface area (Å²) in [7, 11) is 3.21. The summed E-state index contributed by atoms with van der Waals surface area (Å²) in [5.41, 5.74) is 1.08. The average Bonchev–Trinajstić information content (AvgIpc) is 3.09. The summed E-state index contributed by atoms with van der Waals surface area (Å²) >= 11 is 0. The van der Waals surface area contributed by atoms with E-state index >= 15 is 0 Å². The Labute approximate surface area is 89.7 Å². The lowest BCUT2D eigenvalue weighted by atomic mass is 10.0. The van der Waals surface area contributed by atoms with Gasteiger partial charge in [-0.05, 0) is 18.4 Å². The van der Waals surface area contributed by atoms with Gasteiger partial charge in [-0.1, -0.05) is 30.3 Å². The molecule has 0 saturated heterocycles. The van der Waals surface area contributed by atoms with E-state index in [0.717, 1.165) is 12.8 Å². The van der Waals surface area contributed by atoms with Crippen LogP contribution in [0, 0.1) is 0 Å². The molecular formula is C12H15NO2. The predicted molar refractivity (Wildman–Crippen MR) is 57.5 cm³/mol. The Morgan fingerprint density at radius 3 is 2.40 bits per heavy atom. The Kier molecular flexibility index (Phi) is 2.39. The third-order valence-corrected chi connectivity index (χ3v) is 3.13. The molecule has 0 aliphatic heterocycles. The smallest absolute Gasteiger partial charge is 0.409 e. The van der Waals surface area contributed by atoms with Crippen molar-refractivity contribution in [2.24, 2.45) is 0 Å². The van der Waals surface area contributed by atoms with Gasteiger partial charge in [0.1, 0.15) is 0 Å². The van der Waals surface area contributed by atoms with Crippen molar-refractivity contribution in [3.05, 3.63) is 35.9 Å². The lowest BCUT2D eigenvalue weighted by Gasteiger charge is -2.27. The number of benzene rings is 1. The maximum atomic E-state index is 11.5. The van der Waals surface area contributed by atoms with Gasteiger partial charge in [-0.15, -0.1) is 0 Å². The second-order valence-electron chi connectivity index (χ2n) is 3.93. The largest absolute Gasteiger partial charge is 0.453 e. The number of rotatable bonds is 2. The zero-order chi connectivity index (χ0) is 10.9. The van der Waals surface area contributed by atoms with Crippen LogP contribution in [0.4, 0.5) is 4.79 Å². The Morgan fingerprint density at radius 2 is 1.93 bits per heavy atom. The molecule has 1 saturated carbocycles. The monoisotopic (exact) mass is 205 g/mol. The van der Waals surface area contributed by atoms with Crippen molar-refractivity contribution >= 4 is 6.09 Å². The van der Waals surface area contributed by atoms with Gasteiger partial charge >= 0.3 is 6.09 Å². The van der Waals surface area contributed by atoms with Crippen LogP contribution in [0.5, 0.6) is 0 Å². The summed E-state index contributed by atoms with van der Waals surface area (Å²) in [5, 5.41) is 0. The molecule has 0 heterocycles. The highest BCUT2D eigenvalue weighted by Gasteiger charge is 2.50. The van der Waals surface area contributed by atoms with E-state index in [1.165, 1.54) is 12.7 Å². The number of ether oxygens (including phenoxy) is 1. The van der Waals surface area contributed by atoms with Crippen molar-refractivity contribution < 1.29 is 9.53 Å². The highest BCUT2D eigenvalue weighted by Crippen LogP contribution is 2.50. The zero-order valence-corrected chi connectivity index (χ0v) is 9.06. The zero-order valence-electron chi connectivity index (χ0n) is 9.06. The Balaban J connectivity index is 2.25. The van der Waals surface area contributed by atoms with Gasteiger partial charge in [0, 0.05) is 7.05 Å². The molecule has 80 valence electrons. The number of hydrogen-bond acceptors (Lipinski definition) is 2. The van der Waals surface area contributed by atoms with E-state index in [1.807, 2.05) is 18.2 Å². The average molecular weight is 205 g/mol. The van der Waals surface area contributed by atoms with E-state index < -0.39 is 0 Å². The van der Waals surface area contributed by atoms with Gasteiger partial charge in [0.25, 0.3) is 0 Å². The first-order valence-electron chi connectivity index (χ1n) is 5.08. The molecule has 1 aromatic carbocycles. The summed E-state index contributed by atoms with van der Waals surface area (Å²) in [6.45, 7) is 0. The number of amides is 1. The fourth-order valence-electron chi connectivity index (χ4n) is 2.00. The van der Waals surface area contributed by atoms with E-state index in [0.29, 0.717) is 0 Å². The van der Waals surface area contributed by atoms with E-state index in [1.54, 1.807) is 11.9 Å². The number of methoxy groups -OCH3 is 1. The normalized spacial score (nSPS) is 16.9. The molecule has 0 unspecified atom stereocenters. The molecule has 2 rings (SSSR count). The van der Waals surface area contributed by atoms with Gasteiger partial charge in [-0.2, -0.15) is 0 Å². The number of hydrogen-bond donors (Lipinski definition) is 0. The van der Waals surface area contributed by atoms with Crippen LogP contribution in [-0.4, -0.2) is 25.2 Å². The molecule has 1 aliphatic carbocycles. The highest BCUT2D eigenvalue weighted by molar-refractivity contribution is 5.69. The van der Waals surface area contributed by atoms with Gasteiger partial charge in [0.15, 0.2) is 0 Å². The van der Waals surface area contributed by atoms with Crippen molar-refractivity contribution in [3.63, 3.8) is 0 Å². The third kappa shape index (κ3) is 1.58. The molecular weight excluding hydrogens is 190 g/mol. The SMILES string of the molecule is COC(=O)N(C)C1(c2ccccc2)CC1. The summed E-state index contributed by atoms with van der Waals surface area (Å²) in [4.78, 5) is 13.2. The first kappa shape index (κ1) is 10.0. The second kappa shape index (κ2) is 3.57. The van der Waals surface area contributed by atoms with Crippen LogP contribution in [0.25, 0.3) is 0 Å². The van der Waals surface area contributed by atoms with E-state index in [2.05, 4.69) is 12.1 Å². The standard InChI is InChI=1S/C12H15NO2/c1-13(11(14)15-2)12(8-9-12)10-6-4-3-5-7-10/h3-7H,8-9H2,1-2H3.